The Kier molecular flexibility index (Phi) is 5.01. The van der Waals surface area contributed by atoms with E-state index in [-0.39, 0.29) is 5.92 Å². The van der Waals surface area contributed by atoms with E-state index in [1.807, 2.05) is 0 Å². The molecule has 1 saturated carbocycles. The van der Waals surface area contributed by atoms with Crippen LogP contribution < -0.4 is 5.73 Å². The maximum atomic E-state index is 12.5. The fourth-order valence-corrected chi connectivity index (χ4v) is 3.43. The zero-order valence-electron chi connectivity index (χ0n) is 11.4. The van der Waals surface area contributed by atoms with Gasteiger partial charge in [0.25, 0.3) is 0 Å². The van der Waals surface area contributed by atoms with E-state index in [9.17, 15) is 4.79 Å². The Bertz CT molecular complexity index is 275. The van der Waals surface area contributed by atoms with Crippen LogP contribution in [-0.2, 0) is 9.53 Å². The van der Waals surface area contributed by atoms with Crippen LogP contribution in [-0.4, -0.2) is 44.2 Å². The number of nitrogens with zero attached hydrogens (tertiary/aromatic N) is 1. The highest BCUT2D eigenvalue weighted by atomic mass is 16.5. The number of methoxy groups -OCH3 is 1. The van der Waals surface area contributed by atoms with Crippen LogP contribution in [0.25, 0.3) is 0 Å². The summed E-state index contributed by atoms with van der Waals surface area (Å²) in [7, 11) is 1.75. The lowest BCUT2D eigenvalue weighted by molar-refractivity contribution is -0.138. The summed E-state index contributed by atoms with van der Waals surface area (Å²) in [5.74, 6) is 1.62. The molecule has 1 saturated heterocycles. The van der Waals surface area contributed by atoms with Crippen LogP contribution in [0.1, 0.15) is 32.1 Å². The van der Waals surface area contributed by atoms with E-state index in [0.29, 0.717) is 24.3 Å². The molecule has 2 rings (SSSR count). The van der Waals surface area contributed by atoms with Crippen molar-refractivity contribution in [1.29, 1.82) is 0 Å². The summed E-state index contributed by atoms with van der Waals surface area (Å²) in [5, 5.41) is 0. The van der Waals surface area contributed by atoms with Crippen LogP contribution >= 0.6 is 0 Å². The van der Waals surface area contributed by atoms with Gasteiger partial charge in [-0.15, -0.1) is 0 Å². The third-order valence-electron chi connectivity index (χ3n) is 4.61. The van der Waals surface area contributed by atoms with Crippen molar-refractivity contribution in [3.8, 4) is 0 Å². The third-order valence-corrected chi connectivity index (χ3v) is 4.61. The Balaban J connectivity index is 1.83. The molecule has 0 bridgehead atoms. The van der Waals surface area contributed by atoms with Gasteiger partial charge >= 0.3 is 0 Å². The standard InChI is InChI=1S/C14H26N2O2/c1-18-10-11-5-7-16(8-6-11)14(17)13-4-2-3-12(13)9-15/h11-13H,2-10,15H2,1H3/t12-,13-/m1/s1. The molecule has 0 aromatic heterocycles. The molecule has 1 aliphatic heterocycles. The average Bonchev–Trinajstić information content (AvgIpc) is 2.87. The monoisotopic (exact) mass is 254 g/mol. The van der Waals surface area contributed by atoms with Gasteiger partial charge in [0.1, 0.15) is 0 Å². The lowest BCUT2D eigenvalue weighted by Crippen LogP contribution is -2.44. The van der Waals surface area contributed by atoms with E-state index in [4.69, 9.17) is 10.5 Å². The van der Waals surface area contributed by atoms with Crippen LogP contribution in [0.5, 0.6) is 0 Å². The van der Waals surface area contributed by atoms with Crippen LogP contribution in [0, 0.1) is 17.8 Å². The lowest BCUT2D eigenvalue weighted by atomic mass is 9.92. The SMILES string of the molecule is COCC1CCN(C(=O)[C@@H]2CCC[C@@H]2CN)CC1. The summed E-state index contributed by atoms with van der Waals surface area (Å²) in [6, 6.07) is 0. The van der Waals surface area contributed by atoms with Gasteiger partial charge in [0.2, 0.25) is 5.91 Å². The number of hydrogen-bond donors (Lipinski definition) is 1. The number of rotatable bonds is 4. The molecule has 0 radical (unpaired) electrons. The summed E-state index contributed by atoms with van der Waals surface area (Å²) < 4.78 is 5.19. The van der Waals surface area contributed by atoms with Gasteiger partial charge in [-0.2, -0.15) is 0 Å². The number of piperidine rings is 1. The Labute approximate surface area is 110 Å². The average molecular weight is 254 g/mol. The molecule has 1 aliphatic carbocycles. The number of nitrogens with two attached hydrogens (primary N) is 1. The molecule has 4 heteroatoms. The summed E-state index contributed by atoms with van der Waals surface area (Å²) in [6.45, 7) is 3.30. The second-order valence-corrected chi connectivity index (χ2v) is 5.76. The second-order valence-electron chi connectivity index (χ2n) is 5.76. The normalized spacial score (nSPS) is 29.8. The number of hydrogen-bond acceptors (Lipinski definition) is 3. The number of ether oxygens (including phenoxy) is 1. The van der Waals surface area contributed by atoms with Crippen molar-refractivity contribution in [2.75, 3.05) is 33.4 Å². The molecular formula is C14H26N2O2. The zero-order valence-corrected chi connectivity index (χ0v) is 11.4. The summed E-state index contributed by atoms with van der Waals surface area (Å²) in [6.07, 6.45) is 5.50. The fraction of sp³-hybridized carbons (Fsp3) is 0.929. The van der Waals surface area contributed by atoms with Crippen molar-refractivity contribution in [2.45, 2.75) is 32.1 Å². The first-order valence-electron chi connectivity index (χ1n) is 7.24. The van der Waals surface area contributed by atoms with Crippen LogP contribution in [0.15, 0.2) is 0 Å². The molecule has 4 nitrogen and oxygen atoms in total. The van der Waals surface area contributed by atoms with Crippen LogP contribution in [0.2, 0.25) is 0 Å². The first kappa shape index (κ1) is 13.8. The first-order chi connectivity index (χ1) is 8.76. The van der Waals surface area contributed by atoms with Gasteiger partial charge in [-0.3, -0.25) is 4.79 Å². The molecule has 0 aromatic carbocycles. The van der Waals surface area contributed by atoms with Crippen molar-refractivity contribution in [3.63, 3.8) is 0 Å². The smallest absolute Gasteiger partial charge is 0.226 e. The van der Waals surface area contributed by atoms with Crippen LogP contribution in [0.3, 0.4) is 0 Å². The highest BCUT2D eigenvalue weighted by Gasteiger charge is 2.35. The van der Waals surface area contributed by atoms with Gasteiger partial charge < -0.3 is 15.4 Å². The van der Waals surface area contributed by atoms with Gasteiger partial charge in [-0.05, 0) is 44.1 Å². The topological polar surface area (TPSA) is 55.6 Å². The molecule has 0 aromatic rings. The number of amides is 1. The number of likely N-dealkylation sites (tertiary alicyclic amines) is 1. The molecule has 2 aliphatic rings. The van der Waals surface area contributed by atoms with Gasteiger partial charge in [0, 0.05) is 32.7 Å². The Morgan fingerprint density at radius 2 is 2.00 bits per heavy atom. The fourth-order valence-electron chi connectivity index (χ4n) is 3.43. The van der Waals surface area contributed by atoms with Crippen molar-refractivity contribution in [1.82, 2.24) is 4.90 Å². The largest absolute Gasteiger partial charge is 0.384 e. The second kappa shape index (κ2) is 6.53. The van der Waals surface area contributed by atoms with E-state index in [1.165, 1.54) is 6.42 Å². The first-order valence-corrected chi connectivity index (χ1v) is 7.24. The van der Waals surface area contributed by atoms with E-state index < -0.39 is 0 Å². The zero-order chi connectivity index (χ0) is 13.0. The summed E-state index contributed by atoms with van der Waals surface area (Å²) >= 11 is 0. The van der Waals surface area contributed by atoms with Crippen molar-refractivity contribution in [2.24, 2.45) is 23.5 Å². The van der Waals surface area contributed by atoms with Gasteiger partial charge in [0.15, 0.2) is 0 Å². The minimum Gasteiger partial charge on any atom is -0.384 e. The number of carbonyl (C=O) groups is 1. The molecule has 0 unspecified atom stereocenters. The van der Waals surface area contributed by atoms with E-state index in [2.05, 4.69) is 4.90 Å². The van der Waals surface area contributed by atoms with Gasteiger partial charge in [0.05, 0.1) is 0 Å². The van der Waals surface area contributed by atoms with Crippen LogP contribution in [0.4, 0.5) is 0 Å². The molecule has 1 amide bonds. The van der Waals surface area contributed by atoms with Crippen molar-refractivity contribution >= 4 is 5.91 Å². The minimum atomic E-state index is 0.203. The summed E-state index contributed by atoms with van der Waals surface area (Å²) in [4.78, 5) is 14.5. The van der Waals surface area contributed by atoms with E-state index >= 15 is 0 Å². The Hall–Kier alpha value is -0.610. The molecule has 2 N–H and O–H groups in total. The molecule has 1 heterocycles. The molecule has 2 atom stereocenters. The Morgan fingerprint density at radius 1 is 1.28 bits per heavy atom. The highest BCUT2D eigenvalue weighted by molar-refractivity contribution is 5.79. The Morgan fingerprint density at radius 3 is 2.61 bits per heavy atom. The predicted molar refractivity (Wildman–Crippen MR) is 71.1 cm³/mol. The maximum Gasteiger partial charge on any atom is 0.226 e. The molecule has 0 spiro atoms. The molecule has 18 heavy (non-hydrogen) atoms. The number of carbonyl (C=O) groups excluding carboxylic acids is 1. The van der Waals surface area contributed by atoms with E-state index in [1.54, 1.807) is 7.11 Å². The molecule has 104 valence electrons. The maximum absolute atomic E-state index is 12.5. The van der Waals surface area contributed by atoms with Crippen molar-refractivity contribution < 1.29 is 9.53 Å². The lowest BCUT2D eigenvalue weighted by Gasteiger charge is -2.34. The third kappa shape index (κ3) is 3.04. The minimum absolute atomic E-state index is 0.203. The van der Waals surface area contributed by atoms with Gasteiger partial charge in [-0.1, -0.05) is 6.42 Å². The van der Waals surface area contributed by atoms with E-state index in [0.717, 1.165) is 45.4 Å². The summed E-state index contributed by atoms with van der Waals surface area (Å²) in [5.41, 5.74) is 5.77. The predicted octanol–water partition coefficient (Wildman–Crippen LogP) is 1.25. The highest BCUT2D eigenvalue weighted by Crippen LogP contribution is 2.33. The van der Waals surface area contributed by atoms with Crippen molar-refractivity contribution in [3.05, 3.63) is 0 Å². The molecule has 2 fully saturated rings. The quantitative estimate of drug-likeness (QED) is 0.821. The molecular weight excluding hydrogens is 228 g/mol. The van der Waals surface area contributed by atoms with Gasteiger partial charge in [-0.25, -0.2) is 0 Å².